The van der Waals surface area contributed by atoms with Crippen molar-refractivity contribution in [1.29, 1.82) is 0 Å². The molecule has 0 saturated heterocycles. The van der Waals surface area contributed by atoms with Crippen LogP contribution in [-0.4, -0.2) is 29.8 Å². The van der Waals surface area contributed by atoms with Crippen LogP contribution in [0.5, 0.6) is 0 Å². The number of carbonyl (C=O) groups is 1. The second-order valence-electron chi connectivity index (χ2n) is 7.85. The maximum Gasteiger partial charge on any atom is 0.325 e. The van der Waals surface area contributed by atoms with E-state index in [1.165, 1.54) is 39.2 Å². The highest BCUT2D eigenvalue weighted by atomic mass is 16.5. The summed E-state index contributed by atoms with van der Waals surface area (Å²) in [6.45, 7) is 4.14. The number of hydrogen-bond acceptors (Lipinski definition) is 4. The topological polar surface area (TPSA) is 72.5 Å². The average molecular weight is 342 g/mol. The normalized spacial score (nSPS) is 21.0. The summed E-state index contributed by atoms with van der Waals surface area (Å²) < 4.78 is 5.04. The summed E-state index contributed by atoms with van der Waals surface area (Å²) in [5, 5.41) is 10.0. The smallest absolute Gasteiger partial charge is 0.325 e. The molecule has 0 bridgehead atoms. The molecule has 0 aromatic carbocycles. The van der Waals surface area contributed by atoms with Gasteiger partial charge in [0.05, 0.1) is 13.2 Å². The molecule has 1 rings (SSSR count). The zero-order valence-electron chi connectivity index (χ0n) is 16.1. The fourth-order valence-electron chi connectivity index (χ4n) is 4.21. The third kappa shape index (κ3) is 7.10. The molecule has 0 aromatic heterocycles. The molecule has 1 saturated carbocycles. The molecule has 3 N–H and O–H groups in total. The average Bonchev–Trinajstić information content (AvgIpc) is 2.60. The number of rotatable bonds is 11. The summed E-state index contributed by atoms with van der Waals surface area (Å²) in [6, 6.07) is 0. The first-order chi connectivity index (χ1) is 11.4. The van der Waals surface area contributed by atoms with E-state index in [0.29, 0.717) is 18.8 Å². The number of nitrogens with two attached hydrogens (primary N) is 1. The molecule has 142 valence electrons. The standard InChI is InChI=1S/C20H39NO3/c1-4-9-17(14-18(22)5-2)15-20(21,19(23)24-3)13-12-16-10-7-6-8-11-16/h16-18,22H,4-15,21H2,1-3H3/t17-,18-,20+/m0/s1. The Bertz CT molecular complexity index is 355. The van der Waals surface area contributed by atoms with E-state index >= 15 is 0 Å². The lowest BCUT2D eigenvalue weighted by Gasteiger charge is -2.33. The molecule has 0 aliphatic heterocycles. The van der Waals surface area contributed by atoms with Gasteiger partial charge in [-0.05, 0) is 43.9 Å². The highest BCUT2D eigenvalue weighted by Crippen LogP contribution is 2.33. The van der Waals surface area contributed by atoms with E-state index in [4.69, 9.17) is 10.5 Å². The van der Waals surface area contributed by atoms with Crippen molar-refractivity contribution in [1.82, 2.24) is 0 Å². The predicted octanol–water partition coefficient (Wildman–Crippen LogP) is 4.18. The maximum absolute atomic E-state index is 12.4. The van der Waals surface area contributed by atoms with E-state index in [1.54, 1.807) is 0 Å². The molecule has 0 spiro atoms. The second kappa shape index (κ2) is 11.1. The van der Waals surface area contributed by atoms with E-state index < -0.39 is 5.54 Å². The lowest BCUT2D eigenvalue weighted by atomic mass is 9.77. The molecule has 24 heavy (non-hydrogen) atoms. The number of aliphatic hydroxyl groups excluding tert-OH is 1. The van der Waals surface area contributed by atoms with Gasteiger partial charge >= 0.3 is 5.97 Å². The van der Waals surface area contributed by atoms with E-state index in [1.807, 2.05) is 6.92 Å². The molecule has 1 aliphatic carbocycles. The largest absolute Gasteiger partial charge is 0.468 e. The minimum atomic E-state index is -0.903. The van der Waals surface area contributed by atoms with Gasteiger partial charge in [-0.3, -0.25) is 4.79 Å². The summed E-state index contributed by atoms with van der Waals surface area (Å²) in [7, 11) is 1.43. The first-order valence-corrected chi connectivity index (χ1v) is 10.0. The van der Waals surface area contributed by atoms with Crippen molar-refractivity contribution in [2.45, 2.75) is 103 Å². The fourth-order valence-corrected chi connectivity index (χ4v) is 4.21. The summed E-state index contributed by atoms with van der Waals surface area (Å²) in [5.41, 5.74) is 5.66. The fraction of sp³-hybridized carbons (Fsp3) is 0.950. The van der Waals surface area contributed by atoms with Gasteiger partial charge in [0.2, 0.25) is 0 Å². The van der Waals surface area contributed by atoms with Crippen molar-refractivity contribution in [2.24, 2.45) is 17.6 Å². The molecule has 0 aromatic rings. The Morgan fingerprint density at radius 3 is 2.50 bits per heavy atom. The van der Waals surface area contributed by atoms with Crippen LogP contribution in [0.3, 0.4) is 0 Å². The Kier molecular flexibility index (Phi) is 9.91. The van der Waals surface area contributed by atoms with Crippen LogP contribution in [0.25, 0.3) is 0 Å². The lowest BCUT2D eigenvalue weighted by Crippen LogP contribution is -2.50. The van der Waals surface area contributed by atoms with Gasteiger partial charge in [-0.2, -0.15) is 0 Å². The number of methoxy groups -OCH3 is 1. The predicted molar refractivity (Wildman–Crippen MR) is 98.7 cm³/mol. The minimum absolute atomic E-state index is 0.278. The van der Waals surface area contributed by atoms with E-state index in [0.717, 1.165) is 32.1 Å². The van der Waals surface area contributed by atoms with Gasteiger partial charge in [0.1, 0.15) is 5.54 Å². The van der Waals surface area contributed by atoms with Gasteiger partial charge in [0, 0.05) is 0 Å². The van der Waals surface area contributed by atoms with Crippen molar-refractivity contribution in [3.05, 3.63) is 0 Å². The van der Waals surface area contributed by atoms with Crippen LogP contribution in [0.4, 0.5) is 0 Å². The molecule has 4 heteroatoms. The van der Waals surface area contributed by atoms with Crippen molar-refractivity contribution in [3.8, 4) is 0 Å². The molecule has 4 nitrogen and oxygen atoms in total. The molecule has 3 atom stereocenters. The quantitative estimate of drug-likeness (QED) is 0.553. The van der Waals surface area contributed by atoms with Crippen molar-refractivity contribution >= 4 is 5.97 Å². The van der Waals surface area contributed by atoms with Crippen LogP contribution in [0, 0.1) is 11.8 Å². The number of ether oxygens (including phenoxy) is 1. The first kappa shape index (κ1) is 21.4. The van der Waals surface area contributed by atoms with Gasteiger partial charge in [-0.15, -0.1) is 0 Å². The molecule has 0 unspecified atom stereocenters. The number of aliphatic hydroxyl groups is 1. The highest BCUT2D eigenvalue weighted by molar-refractivity contribution is 5.80. The summed E-state index contributed by atoms with van der Waals surface area (Å²) in [5.74, 6) is 0.697. The summed E-state index contributed by atoms with van der Waals surface area (Å²) in [4.78, 5) is 12.4. The van der Waals surface area contributed by atoms with Crippen LogP contribution in [-0.2, 0) is 9.53 Å². The molecule has 0 heterocycles. The van der Waals surface area contributed by atoms with Crippen LogP contribution in [0.1, 0.15) is 90.9 Å². The van der Waals surface area contributed by atoms with Gasteiger partial charge in [0.25, 0.3) is 0 Å². The Morgan fingerprint density at radius 1 is 1.29 bits per heavy atom. The number of hydrogen-bond donors (Lipinski definition) is 2. The van der Waals surface area contributed by atoms with E-state index in [-0.39, 0.29) is 18.0 Å². The van der Waals surface area contributed by atoms with E-state index in [2.05, 4.69) is 6.92 Å². The Hall–Kier alpha value is -0.610. The third-order valence-corrected chi connectivity index (χ3v) is 5.74. The third-order valence-electron chi connectivity index (χ3n) is 5.74. The molecule has 1 aliphatic rings. The van der Waals surface area contributed by atoms with Gasteiger partial charge in [0.15, 0.2) is 0 Å². The molecular weight excluding hydrogens is 302 g/mol. The van der Waals surface area contributed by atoms with Crippen molar-refractivity contribution in [2.75, 3.05) is 7.11 Å². The minimum Gasteiger partial charge on any atom is -0.468 e. The molecule has 0 amide bonds. The van der Waals surface area contributed by atoms with Gasteiger partial charge < -0.3 is 15.6 Å². The van der Waals surface area contributed by atoms with Gasteiger partial charge in [-0.1, -0.05) is 58.8 Å². The zero-order valence-corrected chi connectivity index (χ0v) is 16.1. The highest BCUT2D eigenvalue weighted by Gasteiger charge is 2.38. The SMILES string of the molecule is CCC[C@@H](C[C@@H](O)CC)C[C@](N)(CCC1CCCCC1)C(=O)OC. The Labute approximate surface area is 148 Å². The molecular formula is C20H39NO3. The lowest BCUT2D eigenvalue weighted by molar-refractivity contribution is -0.148. The van der Waals surface area contributed by atoms with Crippen molar-refractivity contribution in [3.63, 3.8) is 0 Å². The first-order valence-electron chi connectivity index (χ1n) is 10.0. The van der Waals surface area contributed by atoms with Crippen LogP contribution < -0.4 is 5.73 Å². The van der Waals surface area contributed by atoms with Gasteiger partial charge in [-0.25, -0.2) is 0 Å². The molecule has 1 fully saturated rings. The van der Waals surface area contributed by atoms with Crippen molar-refractivity contribution < 1.29 is 14.6 Å². The zero-order chi connectivity index (χ0) is 18.0. The number of esters is 1. The van der Waals surface area contributed by atoms with Crippen LogP contribution in [0.2, 0.25) is 0 Å². The second-order valence-corrected chi connectivity index (χ2v) is 7.85. The Balaban J connectivity index is 2.70. The summed E-state index contributed by atoms with van der Waals surface area (Å²) in [6.07, 6.45) is 12.0. The maximum atomic E-state index is 12.4. The monoisotopic (exact) mass is 341 g/mol. The summed E-state index contributed by atoms with van der Waals surface area (Å²) >= 11 is 0. The Morgan fingerprint density at radius 2 is 1.96 bits per heavy atom. The van der Waals surface area contributed by atoms with E-state index in [9.17, 15) is 9.90 Å². The number of carbonyl (C=O) groups excluding carboxylic acids is 1. The van der Waals surface area contributed by atoms with Crippen LogP contribution in [0.15, 0.2) is 0 Å². The molecule has 0 radical (unpaired) electrons. The van der Waals surface area contributed by atoms with Crippen LogP contribution >= 0.6 is 0 Å².